The summed E-state index contributed by atoms with van der Waals surface area (Å²) in [5.74, 6) is -1.64. The van der Waals surface area contributed by atoms with Gasteiger partial charge in [0.2, 0.25) is 0 Å². The van der Waals surface area contributed by atoms with E-state index in [4.69, 9.17) is 9.88 Å². The van der Waals surface area contributed by atoms with Crippen LogP contribution in [0.5, 0.6) is 5.75 Å². The Labute approximate surface area is 180 Å². The van der Waals surface area contributed by atoms with E-state index in [0.717, 1.165) is 30.0 Å². The van der Waals surface area contributed by atoms with Gasteiger partial charge in [0, 0.05) is 38.5 Å². The van der Waals surface area contributed by atoms with E-state index in [9.17, 15) is 26.2 Å². The van der Waals surface area contributed by atoms with Crippen LogP contribution in [0.15, 0.2) is 42.6 Å². The van der Waals surface area contributed by atoms with Gasteiger partial charge in [-0.05, 0) is 35.9 Å². The number of nitrogens with zero attached hydrogens (tertiary/aromatic N) is 2. The minimum Gasteiger partial charge on any atom is -0.496 e. The SMILES string of the molecule is COc1cc(F)ccc1-c1cc(Nc2cc(C=S(C)(N)=O)cc(C(F)(F)F)n2)ncc1F. The molecule has 1 atom stereocenters. The van der Waals surface area contributed by atoms with Crippen LogP contribution in [0.25, 0.3) is 11.1 Å². The first-order valence-corrected chi connectivity index (χ1v) is 10.9. The van der Waals surface area contributed by atoms with Crippen LogP contribution in [-0.2, 0) is 15.9 Å². The molecular formula is C20H17F5N4O2S. The van der Waals surface area contributed by atoms with Gasteiger partial charge in [0.15, 0.2) is 0 Å². The van der Waals surface area contributed by atoms with Crippen molar-refractivity contribution < 1.29 is 30.9 Å². The molecule has 0 saturated heterocycles. The van der Waals surface area contributed by atoms with Crippen molar-refractivity contribution in [1.82, 2.24) is 9.97 Å². The number of aromatic nitrogens is 2. The van der Waals surface area contributed by atoms with Gasteiger partial charge in [0.1, 0.15) is 34.7 Å². The first kappa shape index (κ1) is 23.4. The molecule has 1 aromatic carbocycles. The van der Waals surface area contributed by atoms with E-state index in [-0.39, 0.29) is 34.1 Å². The number of benzene rings is 1. The van der Waals surface area contributed by atoms with E-state index in [0.29, 0.717) is 6.07 Å². The summed E-state index contributed by atoms with van der Waals surface area (Å²) in [5.41, 5.74) is -1.15. The minimum absolute atomic E-state index is 0.0309. The molecule has 0 amide bonds. The van der Waals surface area contributed by atoms with Crippen molar-refractivity contribution in [3.05, 3.63) is 65.5 Å². The molecule has 3 rings (SSSR count). The Morgan fingerprint density at radius 1 is 1.09 bits per heavy atom. The summed E-state index contributed by atoms with van der Waals surface area (Å²) in [6, 6.07) is 6.57. The van der Waals surface area contributed by atoms with Crippen molar-refractivity contribution >= 4 is 26.7 Å². The van der Waals surface area contributed by atoms with Gasteiger partial charge >= 0.3 is 6.18 Å². The van der Waals surface area contributed by atoms with Crippen LogP contribution in [0.1, 0.15) is 11.3 Å². The molecule has 0 aliphatic heterocycles. The normalized spacial score (nSPS) is 13.4. The van der Waals surface area contributed by atoms with Crippen molar-refractivity contribution in [2.75, 3.05) is 18.7 Å². The predicted octanol–water partition coefficient (Wildman–Crippen LogP) is 4.13. The molecule has 0 spiro atoms. The lowest BCUT2D eigenvalue weighted by molar-refractivity contribution is -0.141. The zero-order valence-electron chi connectivity index (χ0n) is 16.7. The summed E-state index contributed by atoms with van der Waals surface area (Å²) < 4.78 is 84.6. The molecule has 3 N–H and O–H groups in total. The fourth-order valence-electron chi connectivity index (χ4n) is 2.83. The van der Waals surface area contributed by atoms with Gasteiger partial charge in [-0.1, -0.05) is 0 Å². The third kappa shape index (κ3) is 5.71. The Bertz CT molecular complexity index is 1280. The third-order valence-corrected chi connectivity index (χ3v) is 4.81. The summed E-state index contributed by atoms with van der Waals surface area (Å²) in [6.45, 7) is 0. The molecular weight excluding hydrogens is 455 g/mol. The monoisotopic (exact) mass is 472 g/mol. The minimum atomic E-state index is -4.79. The first-order chi connectivity index (χ1) is 14.9. The van der Waals surface area contributed by atoms with Gasteiger partial charge in [0.25, 0.3) is 0 Å². The number of nitrogens with two attached hydrogens (primary N) is 1. The molecule has 3 aromatic rings. The van der Waals surface area contributed by atoms with Gasteiger partial charge in [-0.3, -0.25) is 9.35 Å². The van der Waals surface area contributed by atoms with E-state index in [2.05, 4.69) is 15.3 Å². The Morgan fingerprint density at radius 2 is 1.81 bits per heavy atom. The number of hydrogen-bond donors (Lipinski definition) is 2. The maximum absolute atomic E-state index is 14.4. The van der Waals surface area contributed by atoms with Crippen LogP contribution in [-0.4, -0.2) is 32.9 Å². The number of hydrogen-bond acceptors (Lipinski definition) is 5. The summed E-state index contributed by atoms with van der Waals surface area (Å²) in [7, 11) is -1.71. The highest BCUT2D eigenvalue weighted by atomic mass is 32.2. The van der Waals surface area contributed by atoms with E-state index >= 15 is 0 Å². The highest BCUT2D eigenvalue weighted by Crippen LogP contribution is 2.34. The number of rotatable bonds is 5. The summed E-state index contributed by atoms with van der Waals surface area (Å²) >= 11 is 0. The number of nitrogens with one attached hydrogen (secondary N) is 1. The molecule has 0 bridgehead atoms. The number of alkyl halides is 3. The number of methoxy groups -OCH3 is 1. The largest absolute Gasteiger partial charge is 0.496 e. The van der Waals surface area contributed by atoms with E-state index in [1.807, 2.05) is 0 Å². The number of halogens is 5. The average Bonchev–Trinajstić information content (AvgIpc) is 2.67. The highest BCUT2D eigenvalue weighted by Gasteiger charge is 2.33. The zero-order valence-corrected chi connectivity index (χ0v) is 17.5. The molecule has 170 valence electrons. The molecule has 0 aliphatic rings. The van der Waals surface area contributed by atoms with Crippen LogP contribution >= 0.6 is 0 Å². The zero-order chi connectivity index (χ0) is 23.7. The highest BCUT2D eigenvalue weighted by molar-refractivity contribution is 7.98. The molecule has 12 heteroatoms. The lowest BCUT2D eigenvalue weighted by Crippen LogP contribution is -2.15. The van der Waals surface area contributed by atoms with Gasteiger partial charge < -0.3 is 10.1 Å². The Hall–Kier alpha value is -3.25. The summed E-state index contributed by atoms with van der Waals surface area (Å²) in [6.07, 6.45) is -2.77. The van der Waals surface area contributed by atoms with Crippen LogP contribution in [0, 0.1) is 11.6 Å². The smallest absolute Gasteiger partial charge is 0.433 e. The van der Waals surface area contributed by atoms with Crippen LogP contribution in [0.3, 0.4) is 0 Å². The quantitative estimate of drug-likeness (QED) is 0.431. The summed E-state index contributed by atoms with van der Waals surface area (Å²) in [5, 5.41) is 8.99. The molecule has 1 unspecified atom stereocenters. The number of pyridine rings is 2. The van der Waals surface area contributed by atoms with Gasteiger partial charge in [-0.25, -0.2) is 18.7 Å². The Kier molecular flexibility index (Phi) is 6.37. The van der Waals surface area contributed by atoms with E-state index in [1.54, 1.807) is 0 Å². The predicted molar refractivity (Wildman–Crippen MR) is 112 cm³/mol. The van der Waals surface area contributed by atoms with Crippen molar-refractivity contribution in [3.63, 3.8) is 0 Å². The topological polar surface area (TPSA) is 90.1 Å². The fraction of sp³-hybridized carbons (Fsp3) is 0.150. The molecule has 0 saturated carbocycles. The molecule has 2 aromatic heterocycles. The molecule has 0 aliphatic carbocycles. The lowest BCUT2D eigenvalue weighted by Gasteiger charge is -2.13. The van der Waals surface area contributed by atoms with Crippen molar-refractivity contribution in [3.8, 4) is 16.9 Å². The maximum atomic E-state index is 14.4. The third-order valence-electron chi connectivity index (χ3n) is 4.07. The van der Waals surface area contributed by atoms with Gasteiger partial charge in [-0.15, -0.1) is 0 Å². The first-order valence-electron chi connectivity index (χ1n) is 8.83. The second-order valence-electron chi connectivity index (χ2n) is 6.77. The van der Waals surface area contributed by atoms with Gasteiger partial charge in [-0.2, -0.15) is 13.2 Å². The molecule has 2 heterocycles. The van der Waals surface area contributed by atoms with E-state index in [1.165, 1.54) is 25.3 Å². The average molecular weight is 472 g/mol. The van der Waals surface area contributed by atoms with Crippen molar-refractivity contribution in [2.24, 2.45) is 5.14 Å². The maximum Gasteiger partial charge on any atom is 0.433 e. The molecule has 0 fully saturated rings. The number of ether oxygens (including phenoxy) is 1. The molecule has 0 radical (unpaired) electrons. The fourth-order valence-corrected chi connectivity index (χ4v) is 3.51. The van der Waals surface area contributed by atoms with Crippen LogP contribution in [0.2, 0.25) is 0 Å². The second-order valence-corrected chi connectivity index (χ2v) is 8.94. The van der Waals surface area contributed by atoms with Crippen LogP contribution in [0.4, 0.5) is 33.6 Å². The summed E-state index contributed by atoms with van der Waals surface area (Å²) in [4.78, 5) is 7.32. The van der Waals surface area contributed by atoms with Crippen molar-refractivity contribution in [2.45, 2.75) is 6.18 Å². The van der Waals surface area contributed by atoms with E-state index < -0.39 is 33.2 Å². The Morgan fingerprint density at radius 3 is 2.44 bits per heavy atom. The standard InChI is InChI=1S/C20H17F5N4O2S/c1-31-16-7-12(21)3-4-13(16)14-8-18(27-9-15(14)22)29-19-6-11(10-32(2,26)30)5-17(28-19)20(23,24)25/h3-10H,1-2H3,(H2,26,30)(H,27,28,29). The molecule has 32 heavy (non-hydrogen) atoms. The van der Waals surface area contributed by atoms with Crippen molar-refractivity contribution in [1.29, 1.82) is 0 Å². The molecule has 6 nitrogen and oxygen atoms in total. The Balaban J connectivity index is 2.07. The van der Waals surface area contributed by atoms with Crippen LogP contribution < -0.4 is 15.2 Å². The lowest BCUT2D eigenvalue weighted by atomic mass is 10.0. The number of anilines is 2. The van der Waals surface area contributed by atoms with Gasteiger partial charge in [0.05, 0.1) is 13.3 Å². The second kappa shape index (κ2) is 8.71.